The van der Waals surface area contributed by atoms with Gasteiger partial charge in [-0.3, -0.25) is 4.40 Å². The highest BCUT2D eigenvalue weighted by Crippen LogP contribution is 2.44. The van der Waals surface area contributed by atoms with Crippen molar-refractivity contribution in [2.24, 2.45) is 0 Å². The lowest BCUT2D eigenvalue weighted by Crippen LogP contribution is -1.95. The van der Waals surface area contributed by atoms with Gasteiger partial charge in [0.25, 0.3) is 0 Å². The summed E-state index contributed by atoms with van der Waals surface area (Å²) in [5, 5.41) is 7.46. The molecule has 0 aliphatic carbocycles. The Morgan fingerprint density at radius 1 is 0.450 bits per heavy atom. The van der Waals surface area contributed by atoms with E-state index in [0.29, 0.717) is 0 Å². The Bertz CT molecular complexity index is 2410. The molecule has 0 saturated heterocycles. The van der Waals surface area contributed by atoms with Crippen molar-refractivity contribution in [1.82, 2.24) is 14.0 Å². The number of benzene rings is 6. The van der Waals surface area contributed by atoms with Gasteiger partial charge in [0.15, 0.2) is 0 Å². The number of fused-ring (bicyclic) bond motifs is 12. The van der Waals surface area contributed by atoms with Gasteiger partial charge in [0.1, 0.15) is 5.65 Å². The molecule has 0 amide bonds. The van der Waals surface area contributed by atoms with Crippen LogP contribution in [0.3, 0.4) is 0 Å². The summed E-state index contributed by atoms with van der Waals surface area (Å²) in [4.78, 5) is 5.19. The van der Waals surface area contributed by atoms with E-state index in [4.69, 9.17) is 4.98 Å². The molecule has 0 aliphatic rings. The molecule has 0 spiro atoms. The minimum Gasteiger partial charge on any atom is -0.308 e. The number of hydrogen-bond donors (Lipinski definition) is 0. The third-order valence-corrected chi connectivity index (χ3v) is 8.31. The predicted octanol–water partition coefficient (Wildman–Crippen LogP) is 9.56. The molecule has 0 N–H and O–H groups in total. The van der Waals surface area contributed by atoms with Gasteiger partial charge in [-0.25, -0.2) is 4.98 Å². The van der Waals surface area contributed by atoms with Crippen LogP contribution in [-0.4, -0.2) is 14.0 Å². The lowest BCUT2D eigenvalue weighted by Gasteiger charge is -2.12. The number of nitrogens with zero attached hydrogens (tertiary/aromatic N) is 3. The first kappa shape index (κ1) is 21.5. The summed E-state index contributed by atoms with van der Waals surface area (Å²) >= 11 is 0. The molecule has 9 rings (SSSR count). The maximum Gasteiger partial charge on any atom is 0.148 e. The van der Waals surface area contributed by atoms with Gasteiger partial charge >= 0.3 is 0 Å². The highest BCUT2D eigenvalue weighted by atomic mass is 15.0. The Balaban J connectivity index is 1.50. The van der Waals surface area contributed by atoms with Gasteiger partial charge in [-0.1, -0.05) is 103 Å². The topological polar surface area (TPSA) is 22.2 Å². The molecule has 40 heavy (non-hydrogen) atoms. The van der Waals surface area contributed by atoms with Crippen molar-refractivity contribution in [1.29, 1.82) is 0 Å². The van der Waals surface area contributed by atoms with Crippen LogP contribution in [0.4, 0.5) is 0 Å². The van der Waals surface area contributed by atoms with Gasteiger partial charge in [-0.15, -0.1) is 0 Å². The maximum atomic E-state index is 5.19. The number of pyridine rings is 1. The van der Waals surface area contributed by atoms with Gasteiger partial charge in [-0.2, -0.15) is 0 Å². The van der Waals surface area contributed by atoms with Crippen LogP contribution >= 0.6 is 0 Å². The van der Waals surface area contributed by atoms with E-state index in [2.05, 4.69) is 149 Å². The van der Waals surface area contributed by atoms with Gasteiger partial charge in [0.05, 0.1) is 27.5 Å². The molecular weight excluding hydrogens is 486 g/mol. The Hall–Kier alpha value is -5.41. The van der Waals surface area contributed by atoms with Crippen LogP contribution in [0.2, 0.25) is 0 Å². The van der Waals surface area contributed by atoms with Gasteiger partial charge in [0, 0.05) is 22.7 Å². The quantitative estimate of drug-likeness (QED) is 0.213. The number of imidazole rings is 1. The van der Waals surface area contributed by atoms with E-state index in [1.54, 1.807) is 0 Å². The van der Waals surface area contributed by atoms with E-state index < -0.39 is 0 Å². The Morgan fingerprint density at radius 3 is 1.88 bits per heavy atom. The van der Waals surface area contributed by atoms with Crippen molar-refractivity contribution in [2.45, 2.75) is 0 Å². The van der Waals surface area contributed by atoms with Crippen LogP contribution in [0, 0.1) is 0 Å². The fourth-order valence-corrected chi connectivity index (χ4v) is 6.57. The first-order chi connectivity index (χ1) is 19.9. The van der Waals surface area contributed by atoms with Crippen LogP contribution in [-0.2, 0) is 0 Å². The standard InChI is InChI=1S/C37H23N3/c1-2-10-24(11-3-1)25-18-20-26(21-19-25)40-33-22-23-39-32-17-9-8-16-31(32)38-37(39)35(33)34-29-14-6-4-12-27(29)28-13-5-7-15-30(28)36(34)40/h1-23H. The van der Waals surface area contributed by atoms with Crippen molar-refractivity contribution in [2.75, 3.05) is 0 Å². The lowest BCUT2D eigenvalue weighted by molar-refractivity contribution is 1.17. The van der Waals surface area contributed by atoms with E-state index >= 15 is 0 Å². The summed E-state index contributed by atoms with van der Waals surface area (Å²) in [6, 6.07) is 47.8. The summed E-state index contributed by atoms with van der Waals surface area (Å²) in [7, 11) is 0. The minimum absolute atomic E-state index is 0.990. The Morgan fingerprint density at radius 2 is 1.07 bits per heavy atom. The van der Waals surface area contributed by atoms with Crippen LogP contribution in [0.15, 0.2) is 140 Å². The summed E-state index contributed by atoms with van der Waals surface area (Å²) < 4.78 is 4.68. The van der Waals surface area contributed by atoms with E-state index in [-0.39, 0.29) is 0 Å². The van der Waals surface area contributed by atoms with E-state index in [9.17, 15) is 0 Å². The second kappa shape index (κ2) is 8.05. The molecule has 9 aromatic rings. The van der Waals surface area contributed by atoms with Crippen LogP contribution in [0.25, 0.3) is 76.8 Å². The number of aromatic nitrogens is 3. The zero-order valence-corrected chi connectivity index (χ0v) is 21.6. The molecule has 0 radical (unpaired) electrons. The zero-order valence-electron chi connectivity index (χ0n) is 21.6. The van der Waals surface area contributed by atoms with E-state index in [0.717, 1.165) is 27.9 Å². The maximum absolute atomic E-state index is 5.19. The second-order valence-corrected chi connectivity index (χ2v) is 10.4. The van der Waals surface area contributed by atoms with Crippen molar-refractivity contribution in [3.05, 3.63) is 140 Å². The number of rotatable bonds is 2. The molecule has 0 atom stereocenters. The molecule has 0 saturated carbocycles. The predicted molar refractivity (Wildman–Crippen MR) is 167 cm³/mol. The van der Waals surface area contributed by atoms with E-state index in [1.165, 1.54) is 49.0 Å². The monoisotopic (exact) mass is 509 g/mol. The average molecular weight is 510 g/mol. The third-order valence-electron chi connectivity index (χ3n) is 8.31. The molecule has 0 aliphatic heterocycles. The van der Waals surface area contributed by atoms with Crippen LogP contribution < -0.4 is 0 Å². The SMILES string of the molecule is c1ccc(-c2ccc(-n3c4ccn5c6ccccc6nc5c4c4c5ccccc5c5ccccc5c43)cc2)cc1. The normalized spacial score (nSPS) is 12.0. The van der Waals surface area contributed by atoms with Crippen molar-refractivity contribution in [3.8, 4) is 16.8 Å². The second-order valence-electron chi connectivity index (χ2n) is 10.4. The van der Waals surface area contributed by atoms with Gasteiger partial charge in [0.2, 0.25) is 0 Å². The largest absolute Gasteiger partial charge is 0.308 e. The smallest absolute Gasteiger partial charge is 0.148 e. The summed E-state index contributed by atoms with van der Waals surface area (Å²) in [6.45, 7) is 0. The van der Waals surface area contributed by atoms with Gasteiger partial charge in [-0.05, 0) is 57.6 Å². The molecule has 0 fully saturated rings. The first-order valence-corrected chi connectivity index (χ1v) is 13.7. The molecule has 3 heteroatoms. The summed E-state index contributed by atoms with van der Waals surface area (Å²) in [5.41, 5.74) is 9.07. The third kappa shape index (κ3) is 2.86. The molecule has 6 aromatic carbocycles. The molecule has 3 heterocycles. The number of para-hydroxylation sites is 2. The van der Waals surface area contributed by atoms with Crippen molar-refractivity contribution in [3.63, 3.8) is 0 Å². The van der Waals surface area contributed by atoms with Crippen molar-refractivity contribution >= 4 is 60.0 Å². The first-order valence-electron chi connectivity index (χ1n) is 13.7. The fraction of sp³-hybridized carbons (Fsp3) is 0. The fourth-order valence-electron chi connectivity index (χ4n) is 6.57. The molecule has 186 valence electrons. The molecule has 3 nitrogen and oxygen atoms in total. The summed E-state index contributed by atoms with van der Waals surface area (Å²) in [6.07, 6.45) is 2.17. The van der Waals surface area contributed by atoms with Crippen LogP contribution in [0.1, 0.15) is 0 Å². The van der Waals surface area contributed by atoms with Crippen LogP contribution in [0.5, 0.6) is 0 Å². The van der Waals surface area contributed by atoms with E-state index in [1.807, 2.05) is 0 Å². The molecular formula is C37H23N3. The highest BCUT2D eigenvalue weighted by molar-refractivity contribution is 6.34. The Kier molecular flexibility index (Phi) is 4.33. The lowest BCUT2D eigenvalue weighted by atomic mass is 9.97. The zero-order chi connectivity index (χ0) is 26.2. The molecule has 0 unspecified atom stereocenters. The highest BCUT2D eigenvalue weighted by Gasteiger charge is 2.22. The number of hydrogen-bond acceptors (Lipinski definition) is 1. The summed E-state index contributed by atoms with van der Waals surface area (Å²) in [5.74, 6) is 0. The van der Waals surface area contributed by atoms with Crippen molar-refractivity contribution < 1.29 is 0 Å². The Labute approximate surface area is 230 Å². The minimum atomic E-state index is 0.990. The molecule has 0 bridgehead atoms. The van der Waals surface area contributed by atoms with Gasteiger partial charge < -0.3 is 4.57 Å². The molecule has 3 aromatic heterocycles. The average Bonchev–Trinajstić information content (AvgIpc) is 3.58.